The molecule has 0 amide bonds. The van der Waals surface area contributed by atoms with E-state index in [2.05, 4.69) is 97.7 Å². The summed E-state index contributed by atoms with van der Waals surface area (Å²) in [7, 11) is 2.03. The number of aromatic nitrogens is 2. The first kappa shape index (κ1) is 21.3. The number of hydrogen-bond acceptors (Lipinski definition) is 6. The first-order chi connectivity index (χ1) is 18.3. The lowest BCUT2D eigenvalue weighted by Crippen LogP contribution is -2.23. The zero-order chi connectivity index (χ0) is 24.8. The summed E-state index contributed by atoms with van der Waals surface area (Å²) in [5.41, 5.74) is 10.9. The van der Waals surface area contributed by atoms with E-state index in [9.17, 15) is 0 Å². The number of pyridine rings is 2. The molecule has 5 aromatic rings. The highest BCUT2D eigenvalue weighted by atomic mass is 15.6. The maximum Gasteiger partial charge on any atom is 0.113 e. The van der Waals surface area contributed by atoms with Gasteiger partial charge in [0.15, 0.2) is 0 Å². The third-order valence-electron chi connectivity index (χ3n) is 6.88. The van der Waals surface area contributed by atoms with Crippen molar-refractivity contribution < 1.29 is 0 Å². The van der Waals surface area contributed by atoms with Gasteiger partial charge in [-0.25, -0.2) is 5.01 Å². The quantitative estimate of drug-likeness (QED) is 0.275. The van der Waals surface area contributed by atoms with Crippen molar-refractivity contribution in [2.24, 2.45) is 5.10 Å². The van der Waals surface area contributed by atoms with Gasteiger partial charge in [-0.05, 0) is 54.1 Å². The lowest BCUT2D eigenvalue weighted by atomic mass is 9.96. The molecule has 0 saturated heterocycles. The van der Waals surface area contributed by atoms with Crippen molar-refractivity contribution in [3.8, 4) is 33.5 Å². The number of benzene rings is 3. The second kappa shape index (κ2) is 8.60. The number of hydrazone groups is 1. The average Bonchev–Trinajstić information content (AvgIpc) is 3.35. The van der Waals surface area contributed by atoms with Gasteiger partial charge in [-0.15, -0.1) is 0 Å². The van der Waals surface area contributed by atoms with Crippen LogP contribution in [0, 0.1) is 0 Å². The number of fused-ring (bicyclic) bond motifs is 5. The van der Waals surface area contributed by atoms with Crippen molar-refractivity contribution in [3.05, 3.63) is 110 Å². The zero-order valence-corrected chi connectivity index (χ0v) is 20.4. The lowest BCUT2D eigenvalue weighted by molar-refractivity contribution is 0.549. The molecule has 37 heavy (non-hydrogen) atoms. The van der Waals surface area contributed by atoms with E-state index >= 15 is 0 Å². The van der Waals surface area contributed by atoms with E-state index < -0.39 is 0 Å². The molecule has 0 fully saturated rings. The Morgan fingerprint density at radius 2 is 1.57 bits per heavy atom. The van der Waals surface area contributed by atoms with Gasteiger partial charge in [0.05, 0.1) is 22.8 Å². The van der Waals surface area contributed by atoms with Gasteiger partial charge in [0.2, 0.25) is 0 Å². The van der Waals surface area contributed by atoms with Crippen LogP contribution in [0.15, 0.2) is 115 Å². The van der Waals surface area contributed by atoms with Crippen LogP contribution in [-0.2, 0) is 0 Å². The Hall–Kier alpha value is -4.97. The number of hydrogen-bond donors (Lipinski definition) is 0. The Bertz CT molecular complexity index is 1650. The summed E-state index contributed by atoms with van der Waals surface area (Å²) in [5.74, 6) is 0. The molecule has 0 radical (unpaired) electrons. The summed E-state index contributed by atoms with van der Waals surface area (Å²) in [5, 5.41) is 6.62. The molecule has 0 atom stereocenters. The average molecular weight is 481 g/mol. The van der Waals surface area contributed by atoms with E-state index in [1.807, 2.05) is 55.2 Å². The van der Waals surface area contributed by atoms with Crippen LogP contribution in [-0.4, -0.2) is 34.9 Å². The highest BCUT2D eigenvalue weighted by Crippen LogP contribution is 2.51. The molecule has 0 spiro atoms. The Morgan fingerprint density at radius 3 is 2.43 bits per heavy atom. The van der Waals surface area contributed by atoms with E-state index in [0.717, 1.165) is 56.3 Å². The molecule has 0 saturated carbocycles. The van der Waals surface area contributed by atoms with E-state index in [1.165, 1.54) is 0 Å². The lowest BCUT2D eigenvalue weighted by Gasteiger charge is -2.29. The first-order valence-corrected chi connectivity index (χ1v) is 12.3. The molecular weight excluding hydrogens is 456 g/mol. The van der Waals surface area contributed by atoms with Crippen LogP contribution in [0.4, 0.5) is 22.7 Å². The minimum Gasteiger partial charge on any atom is -0.345 e. The topological polar surface area (TPSA) is 47.9 Å². The zero-order valence-electron chi connectivity index (χ0n) is 20.4. The smallest absolute Gasteiger partial charge is 0.113 e. The fourth-order valence-electron chi connectivity index (χ4n) is 5.16. The minimum atomic E-state index is 0.713. The summed E-state index contributed by atoms with van der Waals surface area (Å²) in [6.07, 6.45) is 7.54. The molecule has 3 aromatic carbocycles. The fraction of sp³-hybridized carbons (Fsp3) is 0.0645. The molecule has 0 N–H and O–H groups in total. The van der Waals surface area contributed by atoms with Gasteiger partial charge < -0.3 is 9.80 Å². The maximum atomic E-state index is 4.60. The number of rotatable bonds is 3. The minimum absolute atomic E-state index is 0.713. The van der Waals surface area contributed by atoms with Crippen molar-refractivity contribution in [2.45, 2.75) is 0 Å². The van der Waals surface area contributed by atoms with Crippen molar-refractivity contribution in [1.82, 2.24) is 14.9 Å². The van der Waals surface area contributed by atoms with E-state index in [1.54, 1.807) is 0 Å². The van der Waals surface area contributed by atoms with Gasteiger partial charge in [0.1, 0.15) is 13.0 Å². The Morgan fingerprint density at radius 1 is 0.676 bits per heavy atom. The molecular formula is C31H24N6. The Kier molecular flexibility index (Phi) is 4.96. The fourth-order valence-corrected chi connectivity index (χ4v) is 5.16. The molecule has 2 aromatic heterocycles. The van der Waals surface area contributed by atoms with Gasteiger partial charge in [-0.2, -0.15) is 5.10 Å². The molecule has 0 aliphatic carbocycles. The largest absolute Gasteiger partial charge is 0.345 e. The molecule has 178 valence electrons. The highest BCUT2D eigenvalue weighted by molar-refractivity contribution is 6.03. The predicted octanol–water partition coefficient (Wildman–Crippen LogP) is 6.91. The van der Waals surface area contributed by atoms with Crippen LogP contribution < -0.4 is 9.91 Å². The Labute approximate surface area is 215 Å². The highest BCUT2D eigenvalue weighted by Gasteiger charge is 2.27. The van der Waals surface area contributed by atoms with Crippen LogP contribution >= 0.6 is 0 Å². The second-order valence-electron chi connectivity index (χ2n) is 9.27. The predicted molar refractivity (Wildman–Crippen MR) is 150 cm³/mol. The van der Waals surface area contributed by atoms with Gasteiger partial charge in [0, 0.05) is 53.6 Å². The number of para-hydroxylation sites is 1. The first-order valence-electron chi connectivity index (χ1n) is 12.3. The molecule has 0 bridgehead atoms. The molecule has 6 heteroatoms. The normalized spacial score (nSPS) is 13.7. The maximum absolute atomic E-state index is 4.60. The van der Waals surface area contributed by atoms with Crippen molar-refractivity contribution in [3.63, 3.8) is 0 Å². The summed E-state index contributed by atoms with van der Waals surface area (Å²) in [4.78, 5) is 13.5. The van der Waals surface area contributed by atoms with Crippen molar-refractivity contribution >= 4 is 29.1 Å². The van der Waals surface area contributed by atoms with Crippen LogP contribution in [0.5, 0.6) is 0 Å². The van der Waals surface area contributed by atoms with E-state index in [4.69, 9.17) is 0 Å². The SMILES string of the molecule is CN1C=NN(c2ccc3c(c2)N(c2cccc(-c4ccccn4)c2)c2ccccc2-c2cnccc2-3)C1. The number of anilines is 4. The molecule has 0 unspecified atom stereocenters. The van der Waals surface area contributed by atoms with Crippen LogP contribution in [0.3, 0.4) is 0 Å². The molecule has 2 aliphatic rings. The summed E-state index contributed by atoms with van der Waals surface area (Å²) < 4.78 is 0. The third-order valence-corrected chi connectivity index (χ3v) is 6.88. The van der Waals surface area contributed by atoms with Crippen LogP contribution in [0.25, 0.3) is 33.5 Å². The van der Waals surface area contributed by atoms with Gasteiger partial charge in [-0.1, -0.05) is 42.5 Å². The third kappa shape index (κ3) is 3.62. The van der Waals surface area contributed by atoms with Crippen molar-refractivity contribution in [1.29, 1.82) is 0 Å². The van der Waals surface area contributed by atoms with Crippen molar-refractivity contribution in [2.75, 3.05) is 23.6 Å². The molecule has 6 nitrogen and oxygen atoms in total. The van der Waals surface area contributed by atoms with Gasteiger partial charge >= 0.3 is 0 Å². The van der Waals surface area contributed by atoms with Crippen LogP contribution in [0.2, 0.25) is 0 Å². The van der Waals surface area contributed by atoms with Crippen LogP contribution in [0.1, 0.15) is 0 Å². The van der Waals surface area contributed by atoms with Gasteiger partial charge in [-0.3, -0.25) is 9.97 Å². The molecule has 4 heterocycles. The molecule has 7 rings (SSSR count). The monoisotopic (exact) mass is 480 g/mol. The Balaban J connectivity index is 1.49. The van der Waals surface area contributed by atoms with E-state index in [-0.39, 0.29) is 0 Å². The summed E-state index contributed by atoms with van der Waals surface area (Å²) in [6.45, 7) is 0.713. The summed E-state index contributed by atoms with van der Waals surface area (Å²) in [6, 6.07) is 31.9. The number of nitrogens with zero attached hydrogens (tertiary/aromatic N) is 6. The standard InChI is InChI=1S/C31H24N6/c1-35-20-34-36(21-35)23-12-13-27-25-14-16-32-19-28(25)26-9-2-3-11-30(26)37(31(27)18-23)24-8-6-7-22(17-24)29-10-4-5-15-33-29/h2-20H,21H2,1H3. The second-order valence-corrected chi connectivity index (χ2v) is 9.27. The van der Waals surface area contributed by atoms with Gasteiger partial charge in [0.25, 0.3) is 0 Å². The summed E-state index contributed by atoms with van der Waals surface area (Å²) >= 11 is 0. The molecule has 2 aliphatic heterocycles. The van der Waals surface area contributed by atoms with E-state index in [0.29, 0.717) is 6.67 Å².